The van der Waals surface area contributed by atoms with Crippen LogP contribution in [0.3, 0.4) is 0 Å². The fourth-order valence-electron chi connectivity index (χ4n) is 2.48. The first kappa shape index (κ1) is 17.9. The van der Waals surface area contributed by atoms with Gasteiger partial charge in [0.05, 0.1) is 19.6 Å². The standard InChI is InChI=1S/C16H25N3O3S/c1-14(20)19(7-6-18-8-10-22-11-9-18)5-4-17-16(21)13-15-3-2-12-23-15/h2-3,12H,4-11,13H2,1H3,(H,17,21). The van der Waals surface area contributed by atoms with Crippen LogP contribution in [0.1, 0.15) is 11.8 Å². The Bertz CT molecular complexity index is 487. The normalized spacial score (nSPS) is 15.3. The molecule has 0 aliphatic carbocycles. The van der Waals surface area contributed by atoms with E-state index in [0.717, 1.165) is 37.7 Å². The van der Waals surface area contributed by atoms with Crippen LogP contribution in [0.4, 0.5) is 0 Å². The molecule has 0 aromatic carbocycles. The third-order valence-corrected chi connectivity index (χ3v) is 4.73. The first-order chi connectivity index (χ1) is 11.1. The Hall–Kier alpha value is -1.44. The van der Waals surface area contributed by atoms with Crippen molar-refractivity contribution < 1.29 is 14.3 Å². The van der Waals surface area contributed by atoms with Crippen LogP contribution in [0.5, 0.6) is 0 Å². The van der Waals surface area contributed by atoms with Crippen LogP contribution in [0.2, 0.25) is 0 Å². The molecule has 23 heavy (non-hydrogen) atoms. The van der Waals surface area contributed by atoms with Crippen molar-refractivity contribution >= 4 is 23.2 Å². The summed E-state index contributed by atoms with van der Waals surface area (Å²) in [5.41, 5.74) is 0. The molecule has 0 atom stereocenters. The number of carbonyl (C=O) groups excluding carboxylic acids is 2. The topological polar surface area (TPSA) is 61.9 Å². The maximum absolute atomic E-state index is 11.8. The molecule has 0 spiro atoms. The second-order valence-electron chi connectivity index (χ2n) is 5.57. The van der Waals surface area contributed by atoms with Crippen LogP contribution in [-0.2, 0) is 20.7 Å². The van der Waals surface area contributed by atoms with Gasteiger partial charge in [0.25, 0.3) is 0 Å². The van der Waals surface area contributed by atoms with Gasteiger partial charge in [-0.1, -0.05) is 6.07 Å². The maximum atomic E-state index is 11.8. The lowest BCUT2D eigenvalue weighted by atomic mass is 10.3. The molecule has 0 bridgehead atoms. The second-order valence-corrected chi connectivity index (χ2v) is 6.60. The molecule has 2 rings (SSSR count). The van der Waals surface area contributed by atoms with Crippen LogP contribution in [0, 0.1) is 0 Å². The summed E-state index contributed by atoms with van der Waals surface area (Å²) in [6.45, 7) is 7.53. The summed E-state index contributed by atoms with van der Waals surface area (Å²) in [6, 6.07) is 3.89. The molecule has 6 nitrogen and oxygen atoms in total. The highest BCUT2D eigenvalue weighted by molar-refractivity contribution is 7.10. The molecule has 1 aromatic rings. The first-order valence-electron chi connectivity index (χ1n) is 8.00. The molecule has 2 heterocycles. The van der Waals surface area contributed by atoms with Crippen LogP contribution in [0.25, 0.3) is 0 Å². The van der Waals surface area contributed by atoms with E-state index in [-0.39, 0.29) is 11.8 Å². The zero-order chi connectivity index (χ0) is 16.5. The molecule has 0 saturated carbocycles. The lowest BCUT2D eigenvalue weighted by Crippen LogP contribution is -2.44. The number of hydrogen-bond donors (Lipinski definition) is 1. The Morgan fingerprint density at radius 3 is 2.78 bits per heavy atom. The average Bonchev–Trinajstić information content (AvgIpc) is 3.04. The average molecular weight is 339 g/mol. The zero-order valence-corrected chi connectivity index (χ0v) is 14.4. The van der Waals surface area contributed by atoms with Crippen molar-refractivity contribution in [2.45, 2.75) is 13.3 Å². The quantitative estimate of drug-likeness (QED) is 0.753. The molecule has 2 amide bonds. The zero-order valence-electron chi connectivity index (χ0n) is 13.6. The summed E-state index contributed by atoms with van der Waals surface area (Å²) in [4.78, 5) is 28.7. The molecule has 0 unspecified atom stereocenters. The molecule has 1 aromatic heterocycles. The molecule has 7 heteroatoms. The predicted octanol–water partition coefficient (Wildman–Crippen LogP) is 0.588. The third kappa shape index (κ3) is 6.68. The van der Waals surface area contributed by atoms with Crippen molar-refractivity contribution in [2.24, 2.45) is 0 Å². The third-order valence-electron chi connectivity index (χ3n) is 3.85. The molecular weight excluding hydrogens is 314 g/mol. The van der Waals surface area contributed by atoms with Crippen molar-refractivity contribution in [3.8, 4) is 0 Å². The van der Waals surface area contributed by atoms with Crippen LogP contribution >= 0.6 is 11.3 Å². The molecule has 1 N–H and O–H groups in total. The first-order valence-corrected chi connectivity index (χ1v) is 8.88. The van der Waals surface area contributed by atoms with E-state index in [2.05, 4.69) is 10.2 Å². The second kappa shape index (κ2) is 9.64. The molecule has 1 fully saturated rings. The highest BCUT2D eigenvalue weighted by atomic mass is 32.1. The monoisotopic (exact) mass is 339 g/mol. The number of amides is 2. The number of thiophene rings is 1. The minimum absolute atomic E-state index is 0.00383. The lowest BCUT2D eigenvalue weighted by Gasteiger charge is -2.29. The summed E-state index contributed by atoms with van der Waals surface area (Å²) in [6.07, 6.45) is 0.408. The van der Waals surface area contributed by atoms with Gasteiger partial charge in [0.1, 0.15) is 0 Å². The van der Waals surface area contributed by atoms with Gasteiger partial charge in [-0.3, -0.25) is 14.5 Å². The van der Waals surface area contributed by atoms with Crippen LogP contribution < -0.4 is 5.32 Å². The number of morpholine rings is 1. The summed E-state index contributed by atoms with van der Waals surface area (Å²) < 4.78 is 5.32. The summed E-state index contributed by atoms with van der Waals surface area (Å²) in [7, 11) is 0. The molecule has 1 saturated heterocycles. The number of ether oxygens (including phenoxy) is 1. The van der Waals surface area contributed by atoms with E-state index in [0.29, 0.717) is 26.1 Å². The Balaban J connectivity index is 1.65. The van der Waals surface area contributed by atoms with Gasteiger partial charge in [-0.2, -0.15) is 0 Å². The highest BCUT2D eigenvalue weighted by Crippen LogP contribution is 2.08. The van der Waals surface area contributed by atoms with E-state index < -0.39 is 0 Å². The molecular formula is C16H25N3O3S. The van der Waals surface area contributed by atoms with E-state index in [1.807, 2.05) is 17.5 Å². The van der Waals surface area contributed by atoms with Crippen LogP contribution in [0.15, 0.2) is 17.5 Å². The highest BCUT2D eigenvalue weighted by Gasteiger charge is 2.14. The van der Waals surface area contributed by atoms with E-state index in [9.17, 15) is 9.59 Å². The Morgan fingerprint density at radius 1 is 1.35 bits per heavy atom. The largest absolute Gasteiger partial charge is 0.379 e. The minimum atomic E-state index is 0.00383. The van der Waals surface area contributed by atoms with Gasteiger partial charge in [-0.05, 0) is 11.4 Å². The van der Waals surface area contributed by atoms with E-state index in [1.165, 1.54) is 0 Å². The summed E-state index contributed by atoms with van der Waals surface area (Å²) in [5.74, 6) is 0.0508. The van der Waals surface area contributed by atoms with Crippen molar-refractivity contribution in [3.63, 3.8) is 0 Å². The number of rotatable bonds is 8. The molecule has 1 aliphatic heterocycles. The van der Waals surface area contributed by atoms with Gasteiger partial charge in [-0.25, -0.2) is 0 Å². The van der Waals surface area contributed by atoms with Crippen molar-refractivity contribution in [3.05, 3.63) is 22.4 Å². The van der Waals surface area contributed by atoms with Crippen LogP contribution in [-0.4, -0.2) is 74.1 Å². The van der Waals surface area contributed by atoms with Crippen molar-refractivity contribution in [1.29, 1.82) is 0 Å². The molecule has 128 valence electrons. The summed E-state index contributed by atoms with van der Waals surface area (Å²) in [5, 5.41) is 4.85. The SMILES string of the molecule is CC(=O)N(CCNC(=O)Cc1cccs1)CCN1CCOCC1. The Kier molecular flexibility index (Phi) is 7.51. The molecule has 1 aliphatic rings. The van der Waals surface area contributed by atoms with Gasteiger partial charge in [0, 0.05) is 51.1 Å². The van der Waals surface area contributed by atoms with Gasteiger partial charge in [0.15, 0.2) is 0 Å². The number of nitrogens with zero attached hydrogens (tertiary/aromatic N) is 2. The van der Waals surface area contributed by atoms with Gasteiger partial charge < -0.3 is 15.0 Å². The van der Waals surface area contributed by atoms with Gasteiger partial charge >= 0.3 is 0 Å². The van der Waals surface area contributed by atoms with Gasteiger partial charge in [-0.15, -0.1) is 11.3 Å². The summed E-state index contributed by atoms with van der Waals surface area (Å²) >= 11 is 1.58. The van der Waals surface area contributed by atoms with E-state index in [4.69, 9.17) is 4.74 Å². The number of carbonyl (C=O) groups is 2. The number of hydrogen-bond acceptors (Lipinski definition) is 5. The fraction of sp³-hybridized carbons (Fsp3) is 0.625. The minimum Gasteiger partial charge on any atom is -0.379 e. The van der Waals surface area contributed by atoms with Gasteiger partial charge in [0.2, 0.25) is 11.8 Å². The van der Waals surface area contributed by atoms with E-state index in [1.54, 1.807) is 23.2 Å². The number of nitrogens with one attached hydrogen (secondary N) is 1. The van der Waals surface area contributed by atoms with Crippen molar-refractivity contribution in [1.82, 2.24) is 15.1 Å². The smallest absolute Gasteiger partial charge is 0.225 e. The predicted molar refractivity (Wildman–Crippen MR) is 90.5 cm³/mol. The Labute approximate surface area is 141 Å². The Morgan fingerprint density at radius 2 is 2.13 bits per heavy atom. The van der Waals surface area contributed by atoms with E-state index >= 15 is 0 Å². The fourth-order valence-corrected chi connectivity index (χ4v) is 3.18. The maximum Gasteiger partial charge on any atom is 0.225 e. The van der Waals surface area contributed by atoms with Crippen molar-refractivity contribution in [2.75, 3.05) is 52.5 Å². The lowest BCUT2D eigenvalue weighted by molar-refractivity contribution is -0.129. The molecule has 0 radical (unpaired) electrons.